The number of para-hydroxylation sites is 1. The summed E-state index contributed by atoms with van der Waals surface area (Å²) in [6.07, 6.45) is 7.08. The Balaban J connectivity index is 1.38. The summed E-state index contributed by atoms with van der Waals surface area (Å²) in [5.74, 6) is 1.02. The Kier molecular flexibility index (Phi) is 8.69. The zero-order chi connectivity index (χ0) is 22.9. The van der Waals surface area contributed by atoms with E-state index in [2.05, 4.69) is 45.2 Å². The fraction of sp³-hybridized carbons (Fsp3) is 0.538. The lowest BCUT2D eigenvalue weighted by Gasteiger charge is -2.33. The Morgan fingerprint density at radius 3 is 2.85 bits per heavy atom. The van der Waals surface area contributed by atoms with Crippen molar-refractivity contribution < 1.29 is 14.3 Å². The van der Waals surface area contributed by atoms with Crippen molar-refractivity contribution in [1.29, 1.82) is 0 Å². The molecule has 0 bridgehead atoms. The average Bonchev–Trinajstić information content (AvgIpc) is 3.03. The van der Waals surface area contributed by atoms with E-state index in [0.717, 1.165) is 63.3 Å². The molecule has 2 aliphatic heterocycles. The first-order valence-corrected chi connectivity index (χ1v) is 12.2. The first-order valence-electron chi connectivity index (χ1n) is 12.2. The molecule has 1 aromatic heterocycles. The van der Waals surface area contributed by atoms with E-state index in [1.54, 1.807) is 12.4 Å². The Bertz CT molecular complexity index is 873. The summed E-state index contributed by atoms with van der Waals surface area (Å²) in [6.45, 7) is 8.10. The minimum absolute atomic E-state index is 0.0268. The van der Waals surface area contributed by atoms with E-state index in [1.165, 1.54) is 5.56 Å². The molecule has 1 N–H and O–H groups in total. The molecule has 178 valence electrons. The van der Waals surface area contributed by atoms with Crippen LogP contribution in [0.1, 0.15) is 43.4 Å². The first kappa shape index (κ1) is 23.7. The number of fused-ring (bicyclic) bond motifs is 1. The standard InChI is InChI=1S/C26H36N4O3/c1-2-3-9-23-20-29(19-22-7-4-5-10-24(22)33-23)13-12-28-26(31)25(21-8-6-11-27-18-21)30-14-16-32-17-15-30/h4-8,10-11,18,23,25H,2-3,9,12-17,19-20H2,1H3,(H,28,31)/t23-,25+/m1/s1. The van der Waals surface area contributed by atoms with E-state index in [4.69, 9.17) is 9.47 Å². The molecule has 1 aromatic carbocycles. The van der Waals surface area contributed by atoms with E-state index in [-0.39, 0.29) is 18.1 Å². The predicted molar refractivity (Wildman–Crippen MR) is 128 cm³/mol. The van der Waals surface area contributed by atoms with Crippen LogP contribution in [0.15, 0.2) is 48.8 Å². The Hall–Kier alpha value is -2.48. The molecule has 1 amide bonds. The molecule has 33 heavy (non-hydrogen) atoms. The molecule has 0 radical (unpaired) electrons. The third-order valence-electron chi connectivity index (χ3n) is 6.39. The highest BCUT2D eigenvalue weighted by atomic mass is 16.5. The second-order valence-electron chi connectivity index (χ2n) is 8.85. The predicted octanol–water partition coefficient (Wildman–Crippen LogP) is 3.02. The normalized spacial score (nSPS) is 20.3. The van der Waals surface area contributed by atoms with Gasteiger partial charge in [-0.05, 0) is 30.5 Å². The molecular formula is C26H36N4O3. The van der Waals surface area contributed by atoms with Gasteiger partial charge in [-0.2, -0.15) is 0 Å². The fourth-order valence-electron chi connectivity index (χ4n) is 4.65. The smallest absolute Gasteiger partial charge is 0.242 e. The van der Waals surface area contributed by atoms with Gasteiger partial charge in [0.15, 0.2) is 0 Å². The highest BCUT2D eigenvalue weighted by Crippen LogP contribution is 2.26. The number of nitrogens with zero attached hydrogens (tertiary/aromatic N) is 3. The van der Waals surface area contributed by atoms with Crippen molar-refractivity contribution in [2.24, 2.45) is 0 Å². The van der Waals surface area contributed by atoms with Gasteiger partial charge in [-0.15, -0.1) is 0 Å². The second-order valence-corrected chi connectivity index (χ2v) is 8.85. The zero-order valence-electron chi connectivity index (χ0n) is 19.6. The number of morpholine rings is 1. The Morgan fingerprint density at radius 1 is 1.21 bits per heavy atom. The van der Waals surface area contributed by atoms with Gasteiger partial charge in [0.05, 0.1) is 13.2 Å². The molecule has 1 saturated heterocycles. The van der Waals surface area contributed by atoms with Crippen LogP contribution in [0.3, 0.4) is 0 Å². The summed E-state index contributed by atoms with van der Waals surface area (Å²) >= 11 is 0. The third-order valence-corrected chi connectivity index (χ3v) is 6.39. The number of benzene rings is 1. The van der Waals surface area contributed by atoms with Gasteiger partial charge in [-0.1, -0.05) is 37.6 Å². The fourth-order valence-corrected chi connectivity index (χ4v) is 4.65. The number of unbranched alkanes of at least 4 members (excludes halogenated alkanes) is 1. The molecule has 7 nitrogen and oxygen atoms in total. The lowest BCUT2D eigenvalue weighted by atomic mass is 10.1. The van der Waals surface area contributed by atoms with Crippen LogP contribution < -0.4 is 10.1 Å². The maximum atomic E-state index is 13.3. The summed E-state index contributed by atoms with van der Waals surface area (Å²) in [6, 6.07) is 11.8. The number of hydrogen-bond acceptors (Lipinski definition) is 6. The number of carbonyl (C=O) groups is 1. The summed E-state index contributed by atoms with van der Waals surface area (Å²) in [5.41, 5.74) is 2.14. The molecule has 2 aromatic rings. The van der Waals surface area contributed by atoms with Crippen LogP contribution in [0.4, 0.5) is 0 Å². The number of rotatable bonds is 9. The largest absolute Gasteiger partial charge is 0.489 e. The minimum atomic E-state index is -0.340. The first-order chi connectivity index (χ1) is 16.2. The SMILES string of the molecule is CCCC[C@@H]1CN(CCNC(=O)[C@H](c2cccnc2)N2CCOCC2)Cc2ccccc2O1. The van der Waals surface area contributed by atoms with Crippen LogP contribution >= 0.6 is 0 Å². The summed E-state index contributed by atoms with van der Waals surface area (Å²) in [7, 11) is 0. The molecule has 0 spiro atoms. The quantitative estimate of drug-likeness (QED) is 0.631. The molecule has 0 aliphatic carbocycles. The van der Waals surface area contributed by atoms with Gasteiger partial charge in [0.25, 0.3) is 0 Å². The zero-order valence-corrected chi connectivity index (χ0v) is 19.6. The summed E-state index contributed by atoms with van der Waals surface area (Å²) in [4.78, 5) is 22.1. The number of hydrogen-bond donors (Lipinski definition) is 1. The Morgan fingerprint density at radius 2 is 2.06 bits per heavy atom. The van der Waals surface area contributed by atoms with Crippen LogP contribution in [0.2, 0.25) is 0 Å². The van der Waals surface area contributed by atoms with E-state index in [0.29, 0.717) is 19.8 Å². The molecule has 1 fully saturated rings. The minimum Gasteiger partial charge on any atom is -0.489 e. The molecule has 0 saturated carbocycles. The second kappa shape index (κ2) is 12.1. The number of amides is 1. The van der Waals surface area contributed by atoms with Crippen LogP contribution in [0.5, 0.6) is 5.75 Å². The average molecular weight is 453 g/mol. The topological polar surface area (TPSA) is 66.9 Å². The van der Waals surface area contributed by atoms with Gasteiger partial charge >= 0.3 is 0 Å². The van der Waals surface area contributed by atoms with E-state index in [1.807, 2.05) is 18.2 Å². The molecule has 3 heterocycles. The Labute approximate surface area is 197 Å². The highest BCUT2D eigenvalue weighted by Gasteiger charge is 2.29. The van der Waals surface area contributed by atoms with Crippen LogP contribution in [0.25, 0.3) is 0 Å². The number of carbonyl (C=O) groups excluding carboxylic acids is 1. The van der Waals surface area contributed by atoms with Gasteiger partial charge in [-0.3, -0.25) is 19.6 Å². The number of nitrogens with one attached hydrogen (secondary N) is 1. The molecule has 7 heteroatoms. The van der Waals surface area contributed by atoms with E-state index < -0.39 is 0 Å². The van der Waals surface area contributed by atoms with Crippen molar-refractivity contribution in [2.75, 3.05) is 45.9 Å². The summed E-state index contributed by atoms with van der Waals surface area (Å²) in [5, 5.41) is 3.20. The summed E-state index contributed by atoms with van der Waals surface area (Å²) < 4.78 is 11.8. The van der Waals surface area contributed by atoms with Crippen molar-refractivity contribution in [3.63, 3.8) is 0 Å². The van der Waals surface area contributed by atoms with Crippen LogP contribution in [-0.2, 0) is 16.1 Å². The van der Waals surface area contributed by atoms with Crippen molar-refractivity contribution in [3.8, 4) is 5.75 Å². The monoisotopic (exact) mass is 452 g/mol. The highest BCUT2D eigenvalue weighted by molar-refractivity contribution is 5.83. The number of ether oxygens (including phenoxy) is 2. The van der Waals surface area contributed by atoms with Crippen molar-refractivity contribution in [2.45, 2.75) is 44.9 Å². The number of pyridine rings is 1. The van der Waals surface area contributed by atoms with Crippen molar-refractivity contribution >= 4 is 5.91 Å². The number of aromatic nitrogens is 1. The van der Waals surface area contributed by atoms with Gasteiger partial charge in [0, 0.05) is 57.2 Å². The van der Waals surface area contributed by atoms with Crippen LogP contribution in [0, 0.1) is 0 Å². The molecule has 0 unspecified atom stereocenters. The van der Waals surface area contributed by atoms with Crippen molar-refractivity contribution in [3.05, 3.63) is 59.9 Å². The molecule has 4 rings (SSSR count). The van der Waals surface area contributed by atoms with Gasteiger partial charge in [-0.25, -0.2) is 0 Å². The van der Waals surface area contributed by atoms with E-state index in [9.17, 15) is 4.79 Å². The van der Waals surface area contributed by atoms with Crippen LogP contribution in [-0.4, -0.2) is 72.7 Å². The molecule has 2 aliphatic rings. The lowest BCUT2D eigenvalue weighted by Crippen LogP contribution is -2.47. The lowest BCUT2D eigenvalue weighted by molar-refractivity contribution is -0.128. The van der Waals surface area contributed by atoms with E-state index >= 15 is 0 Å². The maximum Gasteiger partial charge on any atom is 0.242 e. The van der Waals surface area contributed by atoms with Crippen molar-refractivity contribution in [1.82, 2.24) is 20.1 Å². The third kappa shape index (κ3) is 6.53. The molecular weight excluding hydrogens is 416 g/mol. The van der Waals surface area contributed by atoms with Gasteiger partial charge < -0.3 is 14.8 Å². The van der Waals surface area contributed by atoms with Gasteiger partial charge in [0.1, 0.15) is 17.9 Å². The molecule has 2 atom stereocenters. The maximum absolute atomic E-state index is 13.3. The van der Waals surface area contributed by atoms with Gasteiger partial charge in [0.2, 0.25) is 5.91 Å².